The standard InChI is InChI=1S/C18H22ClN3O3S2/c1-4-22(5-2)27(23,24)15-9-7-14(8-10-15)20-18(26)21-16-12-13(19)6-11-17(16)25-3/h6-12H,4-5H2,1-3H3,(H2,20,21,26). The van der Waals surface area contributed by atoms with Gasteiger partial charge in [0.15, 0.2) is 5.11 Å². The van der Waals surface area contributed by atoms with E-state index in [0.717, 1.165) is 0 Å². The van der Waals surface area contributed by atoms with Gasteiger partial charge in [-0.15, -0.1) is 0 Å². The van der Waals surface area contributed by atoms with Gasteiger partial charge in [-0.25, -0.2) is 8.42 Å². The Labute approximate surface area is 170 Å². The molecular formula is C18H22ClN3O3S2. The fourth-order valence-electron chi connectivity index (χ4n) is 2.49. The molecule has 0 bridgehead atoms. The molecule has 146 valence electrons. The molecule has 0 amide bonds. The minimum absolute atomic E-state index is 0.243. The van der Waals surface area contributed by atoms with Crippen LogP contribution in [-0.4, -0.2) is 38.0 Å². The molecule has 0 saturated heterocycles. The van der Waals surface area contributed by atoms with Crippen LogP contribution in [0.4, 0.5) is 11.4 Å². The first kappa shape index (κ1) is 21.4. The molecule has 0 atom stereocenters. The normalized spacial score (nSPS) is 11.3. The number of benzene rings is 2. The summed E-state index contributed by atoms with van der Waals surface area (Å²) in [5, 5.41) is 6.90. The van der Waals surface area contributed by atoms with Crippen molar-refractivity contribution in [1.82, 2.24) is 4.31 Å². The Balaban J connectivity index is 2.11. The third kappa shape index (κ3) is 5.32. The minimum atomic E-state index is -3.48. The molecule has 0 fully saturated rings. The van der Waals surface area contributed by atoms with Crippen molar-refractivity contribution in [2.45, 2.75) is 18.7 Å². The molecule has 0 aliphatic heterocycles. The minimum Gasteiger partial charge on any atom is -0.495 e. The summed E-state index contributed by atoms with van der Waals surface area (Å²) in [7, 11) is -1.93. The Hall–Kier alpha value is -1.87. The smallest absolute Gasteiger partial charge is 0.243 e. The van der Waals surface area contributed by atoms with Crippen molar-refractivity contribution in [2.75, 3.05) is 30.8 Å². The Kier molecular flexibility index (Phi) is 7.43. The molecule has 0 heterocycles. The molecule has 0 aliphatic rings. The van der Waals surface area contributed by atoms with E-state index in [9.17, 15) is 8.42 Å². The van der Waals surface area contributed by atoms with E-state index in [1.165, 1.54) is 4.31 Å². The molecule has 0 unspecified atom stereocenters. The van der Waals surface area contributed by atoms with Crippen LogP contribution in [0.5, 0.6) is 5.75 Å². The topological polar surface area (TPSA) is 70.7 Å². The molecule has 0 saturated carbocycles. The van der Waals surface area contributed by atoms with Crippen molar-refractivity contribution in [3.05, 3.63) is 47.5 Å². The Morgan fingerprint density at radius 1 is 1.11 bits per heavy atom. The molecule has 0 aliphatic carbocycles. The van der Waals surface area contributed by atoms with Crippen LogP contribution in [-0.2, 0) is 10.0 Å². The number of nitrogens with zero attached hydrogens (tertiary/aromatic N) is 1. The summed E-state index contributed by atoms with van der Waals surface area (Å²) in [6.07, 6.45) is 0. The van der Waals surface area contributed by atoms with E-state index in [1.54, 1.807) is 49.6 Å². The van der Waals surface area contributed by atoms with E-state index >= 15 is 0 Å². The van der Waals surface area contributed by atoms with Crippen molar-refractivity contribution in [3.63, 3.8) is 0 Å². The molecule has 0 radical (unpaired) electrons. The predicted octanol–water partition coefficient (Wildman–Crippen LogP) is 4.19. The number of methoxy groups -OCH3 is 1. The van der Waals surface area contributed by atoms with Crippen LogP contribution in [0.25, 0.3) is 0 Å². The maximum absolute atomic E-state index is 12.5. The highest BCUT2D eigenvalue weighted by Crippen LogP contribution is 2.28. The summed E-state index contributed by atoms with van der Waals surface area (Å²) < 4.78 is 31.7. The maximum atomic E-state index is 12.5. The molecule has 27 heavy (non-hydrogen) atoms. The summed E-state index contributed by atoms with van der Waals surface area (Å²) in [4.78, 5) is 0.243. The van der Waals surface area contributed by atoms with Crippen LogP contribution in [0.1, 0.15) is 13.8 Å². The van der Waals surface area contributed by atoms with E-state index in [-0.39, 0.29) is 4.90 Å². The fraction of sp³-hybridized carbons (Fsp3) is 0.278. The summed E-state index contributed by atoms with van der Waals surface area (Å²) in [6.45, 7) is 4.47. The van der Waals surface area contributed by atoms with Gasteiger partial charge in [0.05, 0.1) is 17.7 Å². The second-order valence-corrected chi connectivity index (χ2v) is 8.32. The first-order valence-electron chi connectivity index (χ1n) is 8.33. The summed E-state index contributed by atoms with van der Waals surface area (Å²) in [5.74, 6) is 0.601. The van der Waals surface area contributed by atoms with Crippen molar-refractivity contribution in [1.29, 1.82) is 0 Å². The largest absolute Gasteiger partial charge is 0.495 e. The number of sulfonamides is 1. The zero-order chi connectivity index (χ0) is 20.0. The van der Waals surface area contributed by atoms with Crippen LogP contribution < -0.4 is 15.4 Å². The lowest BCUT2D eigenvalue weighted by Crippen LogP contribution is -2.30. The van der Waals surface area contributed by atoms with Gasteiger partial charge in [-0.1, -0.05) is 25.4 Å². The molecule has 0 spiro atoms. The van der Waals surface area contributed by atoms with Gasteiger partial charge in [-0.2, -0.15) is 4.31 Å². The number of hydrogen-bond donors (Lipinski definition) is 2. The number of nitrogens with one attached hydrogen (secondary N) is 2. The molecule has 2 aromatic carbocycles. The van der Waals surface area contributed by atoms with Gasteiger partial charge in [-0.05, 0) is 54.7 Å². The second kappa shape index (κ2) is 9.36. The number of thiocarbonyl (C=S) groups is 1. The highest BCUT2D eigenvalue weighted by atomic mass is 35.5. The lowest BCUT2D eigenvalue weighted by atomic mass is 10.3. The monoisotopic (exact) mass is 427 g/mol. The van der Waals surface area contributed by atoms with E-state index in [4.69, 9.17) is 28.6 Å². The molecule has 2 N–H and O–H groups in total. The number of rotatable bonds is 7. The Bertz CT molecular complexity index is 899. The van der Waals surface area contributed by atoms with Crippen LogP contribution in [0.15, 0.2) is 47.4 Å². The number of hydrogen-bond acceptors (Lipinski definition) is 4. The molecule has 9 heteroatoms. The van der Waals surface area contributed by atoms with E-state index in [0.29, 0.717) is 40.3 Å². The molecule has 2 aromatic rings. The average molecular weight is 428 g/mol. The first-order valence-corrected chi connectivity index (χ1v) is 10.6. The zero-order valence-electron chi connectivity index (χ0n) is 15.3. The van der Waals surface area contributed by atoms with Crippen molar-refractivity contribution >= 4 is 50.3 Å². The quantitative estimate of drug-likeness (QED) is 0.645. The first-order chi connectivity index (χ1) is 12.8. The lowest BCUT2D eigenvalue weighted by molar-refractivity contribution is 0.417. The van der Waals surface area contributed by atoms with Gasteiger partial charge in [0.25, 0.3) is 0 Å². The highest BCUT2D eigenvalue weighted by Gasteiger charge is 2.21. The predicted molar refractivity (Wildman–Crippen MR) is 114 cm³/mol. The fourth-order valence-corrected chi connectivity index (χ4v) is 4.34. The van der Waals surface area contributed by atoms with E-state index < -0.39 is 10.0 Å². The summed E-state index contributed by atoms with van der Waals surface area (Å²) in [5.41, 5.74) is 1.29. The van der Waals surface area contributed by atoms with Crippen LogP contribution in [0.3, 0.4) is 0 Å². The molecule has 6 nitrogen and oxygen atoms in total. The second-order valence-electron chi connectivity index (χ2n) is 5.54. The van der Waals surface area contributed by atoms with E-state index in [1.807, 2.05) is 13.8 Å². The van der Waals surface area contributed by atoms with Crippen molar-refractivity contribution < 1.29 is 13.2 Å². The van der Waals surface area contributed by atoms with E-state index in [2.05, 4.69) is 10.6 Å². The van der Waals surface area contributed by atoms with Gasteiger partial charge in [0.2, 0.25) is 10.0 Å². The Morgan fingerprint density at radius 3 is 2.30 bits per heavy atom. The summed E-state index contributed by atoms with van der Waals surface area (Å²) >= 11 is 11.3. The number of halogens is 1. The maximum Gasteiger partial charge on any atom is 0.243 e. The molecule has 0 aromatic heterocycles. The Morgan fingerprint density at radius 2 is 1.74 bits per heavy atom. The summed E-state index contributed by atoms with van der Waals surface area (Å²) in [6, 6.07) is 11.6. The number of ether oxygens (including phenoxy) is 1. The van der Waals surface area contributed by atoms with Gasteiger partial charge in [0.1, 0.15) is 5.75 Å². The van der Waals surface area contributed by atoms with Gasteiger partial charge < -0.3 is 15.4 Å². The van der Waals surface area contributed by atoms with Gasteiger partial charge in [-0.3, -0.25) is 0 Å². The zero-order valence-corrected chi connectivity index (χ0v) is 17.7. The van der Waals surface area contributed by atoms with Crippen LogP contribution >= 0.6 is 23.8 Å². The average Bonchev–Trinajstić information content (AvgIpc) is 2.63. The highest BCUT2D eigenvalue weighted by molar-refractivity contribution is 7.89. The third-order valence-corrected chi connectivity index (χ3v) is 6.37. The third-order valence-electron chi connectivity index (χ3n) is 3.87. The van der Waals surface area contributed by atoms with Gasteiger partial charge in [0, 0.05) is 23.8 Å². The van der Waals surface area contributed by atoms with Crippen molar-refractivity contribution in [2.24, 2.45) is 0 Å². The molecule has 2 rings (SSSR count). The SMILES string of the molecule is CCN(CC)S(=O)(=O)c1ccc(NC(=S)Nc2cc(Cl)ccc2OC)cc1. The number of anilines is 2. The van der Waals surface area contributed by atoms with Crippen LogP contribution in [0, 0.1) is 0 Å². The van der Waals surface area contributed by atoms with Crippen LogP contribution in [0.2, 0.25) is 5.02 Å². The lowest BCUT2D eigenvalue weighted by Gasteiger charge is -2.18. The van der Waals surface area contributed by atoms with Gasteiger partial charge >= 0.3 is 0 Å². The molecular weight excluding hydrogens is 406 g/mol. The van der Waals surface area contributed by atoms with Crippen molar-refractivity contribution in [3.8, 4) is 5.75 Å².